The zero-order valence-electron chi connectivity index (χ0n) is 10.6. The molecule has 1 N–H and O–H groups in total. The molecule has 2 rings (SSSR count). The summed E-state index contributed by atoms with van der Waals surface area (Å²) in [7, 11) is 0. The van der Waals surface area contributed by atoms with Crippen molar-refractivity contribution in [2.24, 2.45) is 0 Å². The first-order valence-corrected chi connectivity index (χ1v) is 6.20. The molecule has 5 nitrogen and oxygen atoms in total. The summed E-state index contributed by atoms with van der Waals surface area (Å²) in [6.45, 7) is 3.41. The molecular weight excluding hydrogens is 268 g/mol. The minimum absolute atomic E-state index is 0.0570. The van der Waals surface area contributed by atoms with Crippen LogP contribution in [0, 0.1) is 0 Å². The third-order valence-corrected chi connectivity index (χ3v) is 3.02. The predicted octanol–water partition coefficient (Wildman–Crippen LogP) is 2.26. The number of aromatic nitrogens is 2. The van der Waals surface area contributed by atoms with Crippen LogP contribution in [0.3, 0.4) is 0 Å². The molecule has 0 aliphatic rings. The molecule has 100 valence electrons. The average Bonchev–Trinajstić information content (AvgIpc) is 2.31. The van der Waals surface area contributed by atoms with Gasteiger partial charge in [0.15, 0.2) is 0 Å². The molecule has 0 saturated heterocycles. The predicted molar refractivity (Wildman–Crippen MR) is 72.7 cm³/mol. The van der Waals surface area contributed by atoms with E-state index in [0.29, 0.717) is 21.5 Å². The van der Waals surface area contributed by atoms with Crippen LogP contribution < -0.4 is 5.56 Å². The third kappa shape index (κ3) is 2.61. The Bertz CT molecular complexity index is 707. The van der Waals surface area contributed by atoms with E-state index < -0.39 is 18.1 Å². The molecule has 2 aromatic rings. The van der Waals surface area contributed by atoms with Crippen molar-refractivity contribution in [2.45, 2.75) is 26.3 Å². The Kier molecular flexibility index (Phi) is 3.57. The number of carboxylic acids is 1. The minimum Gasteiger partial charge on any atom is -0.480 e. The summed E-state index contributed by atoms with van der Waals surface area (Å²) in [6, 6.07) is 4.90. The van der Waals surface area contributed by atoms with E-state index in [4.69, 9.17) is 16.7 Å². The molecule has 0 spiro atoms. The monoisotopic (exact) mass is 280 g/mol. The molecule has 0 aliphatic carbocycles. The first-order chi connectivity index (χ1) is 8.90. The summed E-state index contributed by atoms with van der Waals surface area (Å²) in [6.07, 6.45) is 0. The number of benzene rings is 1. The quantitative estimate of drug-likeness (QED) is 0.936. The van der Waals surface area contributed by atoms with Gasteiger partial charge in [0.25, 0.3) is 5.56 Å². The van der Waals surface area contributed by atoms with Crippen molar-refractivity contribution >= 4 is 28.3 Å². The molecule has 1 heterocycles. The summed E-state index contributed by atoms with van der Waals surface area (Å²) in [5.74, 6) is -1.04. The van der Waals surface area contributed by atoms with E-state index in [9.17, 15) is 9.59 Å². The molecule has 0 unspecified atom stereocenters. The smallest absolute Gasteiger partial charge is 0.325 e. The van der Waals surface area contributed by atoms with Crippen molar-refractivity contribution in [1.29, 1.82) is 0 Å². The van der Waals surface area contributed by atoms with E-state index in [2.05, 4.69) is 5.10 Å². The lowest BCUT2D eigenvalue weighted by Crippen LogP contribution is -2.28. The molecule has 1 aromatic carbocycles. The minimum atomic E-state index is -1.10. The zero-order chi connectivity index (χ0) is 14.2. The highest BCUT2D eigenvalue weighted by molar-refractivity contribution is 6.31. The zero-order valence-corrected chi connectivity index (χ0v) is 11.3. The van der Waals surface area contributed by atoms with E-state index in [1.165, 1.54) is 0 Å². The van der Waals surface area contributed by atoms with Crippen molar-refractivity contribution in [1.82, 2.24) is 9.78 Å². The molecule has 0 amide bonds. The number of carbonyl (C=O) groups is 1. The van der Waals surface area contributed by atoms with Gasteiger partial charge in [0.05, 0.1) is 11.1 Å². The molecule has 0 saturated carbocycles. The highest BCUT2D eigenvalue weighted by Gasteiger charge is 2.14. The van der Waals surface area contributed by atoms with Crippen LogP contribution in [-0.2, 0) is 11.3 Å². The Morgan fingerprint density at radius 3 is 2.68 bits per heavy atom. The average molecular weight is 281 g/mol. The van der Waals surface area contributed by atoms with Gasteiger partial charge in [0.2, 0.25) is 0 Å². The SMILES string of the molecule is CC(C)c1nn(CC(=O)O)c(=O)c2ccc(Cl)cc12. The molecule has 0 aliphatic heterocycles. The van der Waals surface area contributed by atoms with Crippen molar-refractivity contribution in [3.05, 3.63) is 39.3 Å². The molecule has 6 heteroatoms. The molecule has 1 aromatic heterocycles. The summed E-state index contributed by atoms with van der Waals surface area (Å²) in [4.78, 5) is 22.9. The van der Waals surface area contributed by atoms with E-state index in [1.807, 2.05) is 13.8 Å². The summed E-state index contributed by atoms with van der Waals surface area (Å²) >= 11 is 5.94. The van der Waals surface area contributed by atoms with Gasteiger partial charge in [-0.15, -0.1) is 0 Å². The van der Waals surface area contributed by atoms with Gasteiger partial charge >= 0.3 is 5.97 Å². The Hall–Kier alpha value is -1.88. The highest BCUT2D eigenvalue weighted by Crippen LogP contribution is 2.24. The van der Waals surface area contributed by atoms with E-state index >= 15 is 0 Å². The van der Waals surface area contributed by atoms with Crippen LogP contribution in [0.4, 0.5) is 0 Å². The van der Waals surface area contributed by atoms with Gasteiger partial charge in [-0.25, -0.2) is 4.68 Å². The van der Waals surface area contributed by atoms with Gasteiger partial charge in [-0.05, 0) is 24.1 Å². The first kappa shape index (κ1) is 13.5. The van der Waals surface area contributed by atoms with Crippen LogP contribution in [-0.4, -0.2) is 20.9 Å². The second kappa shape index (κ2) is 5.01. The fourth-order valence-electron chi connectivity index (χ4n) is 1.95. The van der Waals surface area contributed by atoms with Gasteiger partial charge in [0, 0.05) is 10.4 Å². The highest BCUT2D eigenvalue weighted by atomic mass is 35.5. The Labute approximate surface area is 114 Å². The molecule has 0 fully saturated rings. The normalized spacial score (nSPS) is 11.2. The lowest BCUT2D eigenvalue weighted by Gasteiger charge is -2.12. The van der Waals surface area contributed by atoms with Crippen molar-refractivity contribution in [3.63, 3.8) is 0 Å². The van der Waals surface area contributed by atoms with Crippen LogP contribution in [0.1, 0.15) is 25.5 Å². The topological polar surface area (TPSA) is 72.2 Å². The Balaban J connectivity index is 2.82. The van der Waals surface area contributed by atoms with Crippen LogP contribution >= 0.6 is 11.6 Å². The fourth-order valence-corrected chi connectivity index (χ4v) is 2.12. The van der Waals surface area contributed by atoms with Gasteiger partial charge in [0.1, 0.15) is 6.54 Å². The summed E-state index contributed by atoms with van der Waals surface area (Å²) < 4.78 is 0.980. The van der Waals surface area contributed by atoms with Crippen molar-refractivity contribution in [2.75, 3.05) is 0 Å². The number of carboxylic acid groups (broad SMARTS) is 1. The van der Waals surface area contributed by atoms with Crippen LogP contribution in [0.15, 0.2) is 23.0 Å². The number of hydrogen-bond acceptors (Lipinski definition) is 3. The van der Waals surface area contributed by atoms with Crippen LogP contribution in [0.25, 0.3) is 10.8 Å². The number of aliphatic carboxylic acids is 1. The number of hydrogen-bond donors (Lipinski definition) is 1. The third-order valence-electron chi connectivity index (χ3n) is 2.78. The maximum Gasteiger partial charge on any atom is 0.325 e. The Morgan fingerprint density at radius 2 is 2.11 bits per heavy atom. The molecule has 0 atom stereocenters. The maximum absolute atomic E-state index is 12.1. The largest absolute Gasteiger partial charge is 0.480 e. The van der Waals surface area contributed by atoms with Gasteiger partial charge in [-0.3, -0.25) is 9.59 Å². The van der Waals surface area contributed by atoms with Crippen LogP contribution in [0.2, 0.25) is 5.02 Å². The Morgan fingerprint density at radius 1 is 1.42 bits per heavy atom. The van der Waals surface area contributed by atoms with Crippen molar-refractivity contribution < 1.29 is 9.90 Å². The first-order valence-electron chi connectivity index (χ1n) is 5.82. The number of halogens is 1. The van der Waals surface area contributed by atoms with E-state index in [-0.39, 0.29) is 5.92 Å². The van der Waals surface area contributed by atoms with Gasteiger partial charge in [-0.1, -0.05) is 25.4 Å². The maximum atomic E-state index is 12.1. The fraction of sp³-hybridized carbons (Fsp3) is 0.308. The van der Waals surface area contributed by atoms with Gasteiger partial charge < -0.3 is 5.11 Å². The summed E-state index contributed by atoms with van der Waals surface area (Å²) in [5, 5.41) is 14.6. The van der Waals surface area contributed by atoms with Gasteiger partial charge in [-0.2, -0.15) is 5.10 Å². The lowest BCUT2D eigenvalue weighted by molar-refractivity contribution is -0.138. The molecular formula is C13H13ClN2O3. The number of nitrogens with zero attached hydrogens (tertiary/aromatic N) is 2. The number of rotatable bonds is 3. The van der Waals surface area contributed by atoms with Crippen molar-refractivity contribution in [3.8, 4) is 0 Å². The molecule has 19 heavy (non-hydrogen) atoms. The van der Waals surface area contributed by atoms with E-state index in [1.54, 1.807) is 18.2 Å². The summed E-state index contributed by atoms with van der Waals surface area (Å²) in [5.41, 5.74) is 0.247. The van der Waals surface area contributed by atoms with Crippen LogP contribution in [0.5, 0.6) is 0 Å². The standard InChI is InChI=1S/C13H13ClN2O3/c1-7(2)12-10-5-8(14)3-4-9(10)13(19)16(15-12)6-11(17)18/h3-5,7H,6H2,1-2H3,(H,17,18). The lowest BCUT2D eigenvalue weighted by atomic mass is 10.0. The molecule has 0 radical (unpaired) electrons. The second-order valence-electron chi connectivity index (χ2n) is 4.59. The van der Waals surface area contributed by atoms with E-state index in [0.717, 1.165) is 4.68 Å². The molecule has 0 bridgehead atoms. The number of fused-ring (bicyclic) bond motifs is 1. The second-order valence-corrected chi connectivity index (χ2v) is 5.02.